The topological polar surface area (TPSA) is 126 Å². The van der Waals surface area contributed by atoms with Gasteiger partial charge in [0.25, 0.3) is 5.91 Å². The number of carbonyl (C=O) groups is 2. The Labute approximate surface area is 198 Å². The molecule has 176 valence electrons. The third kappa shape index (κ3) is 5.33. The standard InChI is InChI=1S/C26H30N6O2/c1-3-20(10-8-16(2)25(33)30-21-6-4-5-7-21)29-26(34)24-22-13-17(9-11-23(22)31-32-24)18-12-19(27)15-28-14-18/h3,9,11-15,21H,2,4-8,10,27H2,1H3,(H,29,34)(H,30,33)(H,31,32)/b20-3+. The SMILES string of the molecule is C=C(CC/C(=C\C)NC(=O)c1n[nH]c2ccc(-c3cncc(N)c3)cc12)C(=O)NC1CCCC1. The van der Waals surface area contributed by atoms with E-state index in [2.05, 4.69) is 32.4 Å². The van der Waals surface area contributed by atoms with E-state index in [1.807, 2.05) is 37.3 Å². The molecule has 2 aromatic heterocycles. The van der Waals surface area contributed by atoms with E-state index in [0.29, 0.717) is 40.9 Å². The molecule has 0 bridgehead atoms. The smallest absolute Gasteiger partial charge is 0.276 e. The number of nitrogens with one attached hydrogen (secondary N) is 3. The molecule has 1 aliphatic carbocycles. The summed E-state index contributed by atoms with van der Waals surface area (Å²) >= 11 is 0. The average molecular weight is 459 g/mol. The van der Waals surface area contributed by atoms with Crippen molar-refractivity contribution in [1.29, 1.82) is 0 Å². The number of nitrogen functional groups attached to an aromatic ring is 1. The van der Waals surface area contributed by atoms with Crippen LogP contribution >= 0.6 is 0 Å². The molecule has 3 aromatic rings. The second-order valence-corrected chi connectivity index (χ2v) is 8.67. The Hall–Kier alpha value is -3.94. The monoisotopic (exact) mass is 458 g/mol. The van der Waals surface area contributed by atoms with E-state index < -0.39 is 0 Å². The number of rotatable bonds is 8. The van der Waals surface area contributed by atoms with Gasteiger partial charge in [0, 0.05) is 40.7 Å². The molecule has 1 fully saturated rings. The van der Waals surface area contributed by atoms with Crippen LogP contribution in [0.4, 0.5) is 5.69 Å². The van der Waals surface area contributed by atoms with Crippen LogP contribution < -0.4 is 16.4 Å². The first-order valence-electron chi connectivity index (χ1n) is 11.6. The van der Waals surface area contributed by atoms with Gasteiger partial charge in [-0.25, -0.2) is 0 Å². The van der Waals surface area contributed by atoms with Crippen molar-refractivity contribution < 1.29 is 9.59 Å². The van der Waals surface area contributed by atoms with E-state index in [9.17, 15) is 9.59 Å². The van der Waals surface area contributed by atoms with Crippen molar-refractivity contribution >= 4 is 28.4 Å². The zero-order chi connectivity index (χ0) is 24.1. The molecule has 5 N–H and O–H groups in total. The molecule has 8 heteroatoms. The molecule has 0 spiro atoms. The Bertz CT molecular complexity index is 1250. The molecule has 34 heavy (non-hydrogen) atoms. The van der Waals surface area contributed by atoms with Gasteiger partial charge in [-0.05, 0) is 56.4 Å². The Balaban J connectivity index is 1.41. The van der Waals surface area contributed by atoms with Crippen LogP contribution in [0.1, 0.15) is 55.9 Å². The number of amides is 2. The maximum absolute atomic E-state index is 13.0. The van der Waals surface area contributed by atoms with Crippen LogP contribution in [0.15, 0.2) is 60.6 Å². The third-order valence-electron chi connectivity index (χ3n) is 6.20. The van der Waals surface area contributed by atoms with Crippen LogP contribution in [0, 0.1) is 0 Å². The summed E-state index contributed by atoms with van der Waals surface area (Å²) in [7, 11) is 0. The van der Waals surface area contributed by atoms with E-state index in [1.54, 1.807) is 12.4 Å². The molecule has 0 saturated heterocycles. The molecule has 2 heterocycles. The minimum Gasteiger partial charge on any atom is -0.397 e. The maximum Gasteiger partial charge on any atom is 0.276 e. The van der Waals surface area contributed by atoms with Gasteiger partial charge in [-0.1, -0.05) is 31.6 Å². The number of fused-ring (bicyclic) bond motifs is 1. The lowest BCUT2D eigenvalue weighted by Gasteiger charge is -2.14. The molecule has 1 saturated carbocycles. The van der Waals surface area contributed by atoms with Gasteiger partial charge in [-0.3, -0.25) is 19.7 Å². The summed E-state index contributed by atoms with van der Waals surface area (Å²) in [6.45, 7) is 5.79. The highest BCUT2D eigenvalue weighted by Crippen LogP contribution is 2.26. The number of aromatic amines is 1. The average Bonchev–Trinajstić information content (AvgIpc) is 3.50. The number of aromatic nitrogens is 3. The fourth-order valence-electron chi connectivity index (χ4n) is 4.22. The Morgan fingerprint density at radius 3 is 2.71 bits per heavy atom. The Morgan fingerprint density at radius 2 is 1.97 bits per heavy atom. The predicted octanol–water partition coefficient (Wildman–Crippen LogP) is 4.24. The molecule has 0 radical (unpaired) electrons. The van der Waals surface area contributed by atoms with Gasteiger partial charge in [-0.2, -0.15) is 5.10 Å². The normalized spacial score (nSPS) is 14.3. The molecule has 0 atom stereocenters. The molecular weight excluding hydrogens is 428 g/mol. The van der Waals surface area contributed by atoms with Crippen LogP contribution in [0.3, 0.4) is 0 Å². The number of pyridine rings is 1. The molecule has 8 nitrogen and oxygen atoms in total. The number of nitrogens with zero attached hydrogens (tertiary/aromatic N) is 2. The van der Waals surface area contributed by atoms with Gasteiger partial charge in [-0.15, -0.1) is 0 Å². The van der Waals surface area contributed by atoms with Crippen LogP contribution in [-0.4, -0.2) is 33.0 Å². The number of carbonyl (C=O) groups excluding carboxylic acids is 2. The quantitative estimate of drug-likeness (QED) is 0.376. The first-order chi connectivity index (χ1) is 16.4. The van der Waals surface area contributed by atoms with Gasteiger partial charge < -0.3 is 16.4 Å². The molecule has 1 aromatic carbocycles. The number of benzene rings is 1. The van der Waals surface area contributed by atoms with E-state index in [-0.39, 0.29) is 17.9 Å². The van der Waals surface area contributed by atoms with Crippen molar-refractivity contribution in [3.05, 3.63) is 66.3 Å². The van der Waals surface area contributed by atoms with Crippen molar-refractivity contribution in [2.45, 2.75) is 51.5 Å². The number of hydrogen-bond acceptors (Lipinski definition) is 5. The van der Waals surface area contributed by atoms with Crippen LogP contribution in [-0.2, 0) is 4.79 Å². The van der Waals surface area contributed by atoms with Gasteiger partial charge >= 0.3 is 0 Å². The Kier molecular flexibility index (Phi) is 7.06. The predicted molar refractivity (Wildman–Crippen MR) is 134 cm³/mol. The third-order valence-corrected chi connectivity index (χ3v) is 6.20. The zero-order valence-corrected chi connectivity index (χ0v) is 19.4. The summed E-state index contributed by atoms with van der Waals surface area (Å²) in [5.41, 5.74) is 10.5. The van der Waals surface area contributed by atoms with Gasteiger partial charge in [0.1, 0.15) is 0 Å². The van der Waals surface area contributed by atoms with Crippen LogP contribution in [0.25, 0.3) is 22.0 Å². The first kappa shape index (κ1) is 23.2. The van der Waals surface area contributed by atoms with Crippen molar-refractivity contribution in [3.63, 3.8) is 0 Å². The molecule has 0 aliphatic heterocycles. The minimum atomic E-state index is -0.316. The fourth-order valence-corrected chi connectivity index (χ4v) is 4.22. The van der Waals surface area contributed by atoms with Gasteiger partial charge in [0.15, 0.2) is 5.69 Å². The Morgan fingerprint density at radius 1 is 1.18 bits per heavy atom. The van der Waals surface area contributed by atoms with E-state index >= 15 is 0 Å². The highest BCUT2D eigenvalue weighted by Gasteiger charge is 2.19. The number of anilines is 1. The van der Waals surface area contributed by atoms with Crippen LogP contribution in [0.2, 0.25) is 0 Å². The molecule has 1 aliphatic rings. The first-order valence-corrected chi connectivity index (χ1v) is 11.6. The number of hydrogen-bond donors (Lipinski definition) is 4. The van der Waals surface area contributed by atoms with Crippen molar-refractivity contribution in [2.75, 3.05) is 5.73 Å². The zero-order valence-electron chi connectivity index (χ0n) is 19.4. The summed E-state index contributed by atoms with van der Waals surface area (Å²) in [6.07, 6.45) is 10.5. The summed E-state index contributed by atoms with van der Waals surface area (Å²) in [6, 6.07) is 7.79. The lowest BCUT2D eigenvalue weighted by molar-refractivity contribution is -0.118. The second-order valence-electron chi connectivity index (χ2n) is 8.67. The maximum atomic E-state index is 13.0. The van der Waals surface area contributed by atoms with Crippen molar-refractivity contribution in [1.82, 2.24) is 25.8 Å². The number of H-pyrrole nitrogens is 1. The molecule has 4 rings (SSSR count). The van der Waals surface area contributed by atoms with Crippen LogP contribution in [0.5, 0.6) is 0 Å². The summed E-state index contributed by atoms with van der Waals surface area (Å²) in [4.78, 5) is 29.6. The number of allylic oxidation sites excluding steroid dienone is 2. The lowest BCUT2D eigenvalue weighted by Crippen LogP contribution is -2.33. The number of nitrogens with two attached hydrogens (primary N) is 1. The molecule has 2 amide bonds. The largest absolute Gasteiger partial charge is 0.397 e. The summed E-state index contributed by atoms with van der Waals surface area (Å²) in [5, 5.41) is 13.8. The highest BCUT2D eigenvalue weighted by atomic mass is 16.2. The molecular formula is C26H30N6O2. The second kappa shape index (κ2) is 10.3. The minimum absolute atomic E-state index is 0.101. The van der Waals surface area contributed by atoms with E-state index in [1.165, 1.54) is 0 Å². The highest BCUT2D eigenvalue weighted by molar-refractivity contribution is 6.06. The lowest BCUT2D eigenvalue weighted by atomic mass is 10.0. The van der Waals surface area contributed by atoms with Gasteiger partial charge in [0.05, 0.1) is 11.2 Å². The van der Waals surface area contributed by atoms with Crippen molar-refractivity contribution in [3.8, 4) is 11.1 Å². The summed E-state index contributed by atoms with van der Waals surface area (Å²) in [5.74, 6) is -0.418. The summed E-state index contributed by atoms with van der Waals surface area (Å²) < 4.78 is 0. The molecule has 0 unspecified atom stereocenters. The van der Waals surface area contributed by atoms with Gasteiger partial charge in [0.2, 0.25) is 5.91 Å². The van der Waals surface area contributed by atoms with Crippen molar-refractivity contribution in [2.24, 2.45) is 0 Å². The van der Waals surface area contributed by atoms with E-state index in [0.717, 1.165) is 42.3 Å². The fraction of sp³-hybridized carbons (Fsp3) is 0.308. The van der Waals surface area contributed by atoms with E-state index in [4.69, 9.17) is 5.73 Å².